The average molecular weight is 435 g/mol. The van der Waals surface area contributed by atoms with Crippen molar-refractivity contribution in [1.82, 2.24) is 15.1 Å². The Kier molecular flexibility index (Phi) is 7.38. The number of benzene rings is 2. The Morgan fingerprint density at radius 2 is 1.62 bits per heavy atom. The molecule has 0 saturated carbocycles. The summed E-state index contributed by atoms with van der Waals surface area (Å²) in [6, 6.07) is 16.0. The van der Waals surface area contributed by atoms with Gasteiger partial charge in [0, 0.05) is 6.54 Å². The largest absolute Gasteiger partial charge is 0.481 e. The Morgan fingerprint density at radius 1 is 1.00 bits per heavy atom. The first kappa shape index (κ1) is 22.7. The summed E-state index contributed by atoms with van der Waals surface area (Å²) < 4.78 is 11.6. The molecule has 0 radical (unpaired) electrons. The lowest BCUT2D eigenvalue weighted by molar-refractivity contribution is -0.123. The molecule has 0 saturated heterocycles. The molecule has 0 aliphatic heterocycles. The van der Waals surface area contributed by atoms with Crippen LogP contribution in [0.25, 0.3) is 5.69 Å². The number of esters is 1. The van der Waals surface area contributed by atoms with Crippen LogP contribution in [0, 0.1) is 13.8 Å². The van der Waals surface area contributed by atoms with Crippen molar-refractivity contribution >= 4 is 11.9 Å². The fourth-order valence-corrected chi connectivity index (χ4v) is 2.86. The summed E-state index contributed by atoms with van der Waals surface area (Å²) in [5.41, 5.74) is 2.90. The van der Waals surface area contributed by atoms with E-state index in [-0.39, 0.29) is 24.7 Å². The van der Waals surface area contributed by atoms with Crippen molar-refractivity contribution in [2.45, 2.75) is 27.3 Å². The quantitative estimate of drug-likeness (QED) is 0.546. The van der Waals surface area contributed by atoms with E-state index in [4.69, 9.17) is 9.47 Å². The second-order valence-electron chi connectivity index (χ2n) is 7.21. The minimum atomic E-state index is -0.747. The van der Waals surface area contributed by atoms with Crippen LogP contribution in [0.2, 0.25) is 0 Å². The van der Waals surface area contributed by atoms with Gasteiger partial charge in [0.05, 0.1) is 18.4 Å². The molecule has 0 aliphatic carbocycles. The molecule has 1 amide bonds. The lowest BCUT2D eigenvalue weighted by atomic mass is 10.1. The van der Waals surface area contributed by atoms with Crippen LogP contribution in [0.4, 0.5) is 0 Å². The number of nitrogens with one attached hydrogen (secondary N) is 1. The van der Waals surface area contributed by atoms with E-state index < -0.39 is 17.4 Å². The maximum Gasteiger partial charge on any atom is 0.362 e. The maximum atomic E-state index is 12.6. The summed E-state index contributed by atoms with van der Waals surface area (Å²) in [7, 11) is 0. The highest BCUT2D eigenvalue weighted by Crippen LogP contribution is 2.16. The fourth-order valence-electron chi connectivity index (χ4n) is 2.86. The number of nitrogens with zero attached hydrogens (tertiary/aromatic N) is 2. The second kappa shape index (κ2) is 10.4. The number of amides is 1. The van der Waals surface area contributed by atoms with Gasteiger partial charge in [0.15, 0.2) is 12.4 Å². The molecule has 0 fully saturated rings. The van der Waals surface area contributed by atoms with Crippen molar-refractivity contribution in [2.24, 2.45) is 0 Å². The lowest BCUT2D eigenvalue weighted by Gasteiger charge is -2.13. The summed E-state index contributed by atoms with van der Waals surface area (Å²) in [6.07, 6.45) is 0. The Hall–Kier alpha value is -3.94. The molecule has 166 valence electrons. The van der Waals surface area contributed by atoms with E-state index in [2.05, 4.69) is 10.4 Å². The number of aryl methyl sites for hydroxylation is 2. The van der Waals surface area contributed by atoms with Crippen LogP contribution < -0.4 is 15.6 Å². The third-order valence-corrected chi connectivity index (χ3v) is 4.61. The van der Waals surface area contributed by atoms with Gasteiger partial charge in [-0.25, -0.2) is 4.79 Å². The number of rotatable bonds is 8. The molecule has 0 atom stereocenters. The number of carbonyl (C=O) groups excluding carboxylic acids is 2. The summed E-state index contributed by atoms with van der Waals surface area (Å²) in [6.45, 7) is 5.64. The molecule has 8 heteroatoms. The number of carbonyl (C=O) groups is 2. The van der Waals surface area contributed by atoms with Gasteiger partial charge in [-0.05, 0) is 38.5 Å². The van der Waals surface area contributed by atoms with Gasteiger partial charge in [0.25, 0.3) is 11.5 Å². The van der Waals surface area contributed by atoms with Crippen molar-refractivity contribution in [3.63, 3.8) is 0 Å². The Morgan fingerprint density at radius 3 is 2.25 bits per heavy atom. The van der Waals surface area contributed by atoms with E-state index in [0.29, 0.717) is 12.2 Å². The highest BCUT2D eigenvalue weighted by Gasteiger charge is 2.20. The van der Waals surface area contributed by atoms with Crippen LogP contribution in [0.5, 0.6) is 5.75 Å². The first-order valence-electron chi connectivity index (χ1n) is 10.2. The SMILES string of the molecule is CCOC(=O)c1nn(-c2ccc(C)cc2)c(=O)cc1OCC(=O)NCc1ccc(C)cc1. The number of aromatic nitrogens is 2. The van der Waals surface area contributed by atoms with Gasteiger partial charge in [-0.15, -0.1) is 0 Å². The highest BCUT2D eigenvalue weighted by molar-refractivity contribution is 5.90. The van der Waals surface area contributed by atoms with Crippen molar-refractivity contribution in [2.75, 3.05) is 13.2 Å². The average Bonchev–Trinajstić information content (AvgIpc) is 2.78. The zero-order valence-electron chi connectivity index (χ0n) is 18.3. The van der Waals surface area contributed by atoms with Gasteiger partial charge in [-0.3, -0.25) is 9.59 Å². The van der Waals surface area contributed by atoms with E-state index in [1.165, 1.54) is 0 Å². The minimum Gasteiger partial charge on any atom is -0.481 e. The van der Waals surface area contributed by atoms with Crippen LogP contribution in [0.3, 0.4) is 0 Å². The summed E-state index contributed by atoms with van der Waals surface area (Å²) in [5.74, 6) is -1.26. The van der Waals surface area contributed by atoms with E-state index in [0.717, 1.165) is 27.4 Å². The van der Waals surface area contributed by atoms with Gasteiger partial charge in [-0.1, -0.05) is 47.5 Å². The molecule has 32 heavy (non-hydrogen) atoms. The number of ether oxygens (including phenoxy) is 2. The van der Waals surface area contributed by atoms with Crippen molar-refractivity contribution < 1.29 is 19.1 Å². The monoisotopic (exact) mass is 435 g/mol. The first-order chi connectivity index (χ1) is 15.4. The molecular formula is C24H25N3O5. The van der Waals surface area contributed by atoms with Gasteiger partial charge >= 0.3 is 5.97 Å². The molecule has 1 aromatic heterocycles. The topological polar surface area (TPSA) is 99.5 Å². The van der Waals surface area contributed by atoms with Crippen LogP contribution in [0.1, 0.15) is 34.1 Å². The smallest absolute Gasteiger partial charge is 0.362 e. The Bertz CT molecular complexity index is 1150. The predicted octanol–water partition coefficient (Wildman–Crippen LogP) is 2.72. The van der Waals surface area contributed by atoms with E-state index >= 15 is 0 Å². The summed E-state index contributed by atoms with van der Waals surface area (Å²) in [5, 5.41) is 6.88. The third kappa shape index (κ3) is 5.81. The predicted molar refractivity (Wildman–Crippen MR) is 119 cm³/mol. The third-order valence-electron chi connectivity index (χ3n) is 4.61. The number of hydrogen-bond acceptors (Lipinski definition) is 6. The first-order valence-corrected chi connectivity index (χ1v) is 10.2. The molecule has 0 unspecified atom stereocenters. The molecule has 3 rings (SSSR count). The lowest BCUT2D eigenvalue weighted by Crippen LogP contribution is -2.30. The van der Waals surface area contributed by atoms with Gasteiger partial charge in [-0.2, -0.15) is 9.78 Å². The normalized spacial score (nSPS) is 10.5. The zero-order chi connectivity index (χ0) is 23.1. The van der Waals surface area contributed by atoms with E-state index in [1.54, 1.807) is 19.1 Å². The fraction of sp³-hybridized carbons (Fsp3) is 0.250. The van der Waals surface area contributed by atoms with Crippen LogP contribution in [-0.2, 0) is 16.1 Å². The van der Waals surface area contributed by atoms with Crippen LogP contribution >= 0.6 is 0 Å². The van der Waals surface area contributed by atoms with Crippen molar-refractivity contribution in [3.8, 4) is 11.4 Å². The van der Waals surface area contributed by atoms with E-state index in [1.807, 2.05) is 50.2 Å². The molecule has 0 aliphatic rings. The van der Waals surface area contributed by atoms with Gasteiger partial charge in [0.2, 0.25) is 5.69 Å². The van der Waals surface area contributed by atoms with Gasteiger partial charge < -0.3 is 14.8 Å². The number of hydrogen-bond donors (Lipinski definition) is 1. The van der Waals surface area contributed by atoms with Gasteiger partial charge in [0.1, 0.15) is 0 Å². The molecule has 0 spiro atoms. The highest BCUT2D eigenvalue weighted by atomic mass is 16.5. The maximum absolute atomic E-state index is 12.6. The van der Waals surface area contributed by atoms with Crippen molar-refractivity contribution in [3.05, 3.63) is 87.3 Å². The molecule has 1 heterocycles. The minimum absolute atomic E-state index is 0.109. The van der Waals surface area contributed by atoms with Crippen molar-refractivity contribution in [1.29, 1.82) is 0 Å². The molecule has 0 bridgehead atoms. The van der Waals surface area contributed by atoms with Crippen LogP contribution in [0.15, 0.2) is 59.4 Å². The Labute approximate surface area is 185 Å². The second-order valence-corrected chi connectivity index (χ2v) is 7.21. The molecular weight excluding hydrogens is 410 g/mol. The molecule has 2 aromatic carbocycles. The zero-order valence-corrected chi connectivity index (χ0v) is 18.3. The summed E-state index contributed by atoms with van der Waals surface area (Å²) in [4.78, 5) is 37.2. The molecule has 1 N–H and O–H groups in total. The van der Waals surface area contributed by atoms with E-state index in [9.17, 15) is 14.4 Å². The molecule has 8 nitrogen and oxygen atoms in total. The Balaban J connectivity index is 1.76. The van der Waals surface area contributed by atoms with Crippen LogP contribution in [-0.4, -0.2) is 34.9 Å². The molecule has 3 aromatic rings. The summed E-state index contributed by atoms with van der Waals surface area (Å²) >= 11 is 0. The standard InChI is InChI=1S/C24H25N3O5/c1-4-31-24(30)23-20(13-22(29)27(26-23)19-11-7-17(3)8-12-19)32-15-21(28)25-14-18-9-5-16(2)6-10-18/h5-13H,4,14-15H2,1-3H3,(H,25,28).